The number of hydroxylamine groups is 1. The lowest BCUT2D eigenvalue weighted by molar-refractivity contribution is -0.139. The third-order valence-electron chi connectivity index (χ3n) is 9.16. The van der Waals surface area contributed by atoms with Gasteiger partial charge in [0.1, 0.15) is 5.54 Å². The second kappa shape index (κ2) is 17.1. The summed E-state index contributed by atoms with van der Waals surface area (Å²) < 4.78 is 0. The van der Waals surface area contributed by atoms with Crippen LogP contribution in [0, 0.1) is 5.41 Å². The van der Waals surface area contributed by atoms with Gasteiger partial charge in [-0.3, -0.25) is 38.6 Å². The van der Waals surface area contributed by atoms with Crippen molar-refractivity contribution in [2.75, 3.05) is 24.2 Å². The van der Waals surface area contributed by atoms with Crippen molar-refractivity contribution >= 4 is 52.0 Å². The highest BCUT2D eigenvalue weighted by molar-refractivity contribution is 6.02. The summed E-state index contributed by atoms with van der Waals surface area (Å²) in [6, 6.07) is 6.40. The molecule has 0 radical (unpaired) electrons. The van der Waals surface area contributed by atoms with Crippen LogP contribution in [0.1, 0.15) is 97.1 Å². The molecule has 1 atom stereocenters. The predicted octanol–water partition coefficient (Wildman–Crippen LogP) is 2.46. The first-order chi connectivity index (χ1) is 24.6. The van der Waals surface area contributed by atoms with Crippen molar-refractivity contribution < 1.29 is 33.9 Å². The molecule has 0 bridgehead atoms. The maximum atomic E-state index is 14.1. The van der Waals surface area contributed by atoms with Crippen LogP contribution < -0.4 is 32.7 Å². The number of fused-ring (bicyclic) bond motifs is 1. The number of Topliss-reactive ketones (excluding diaryl/α,β-unsaturated/α-hetero) is 3. The number of carboxylic acid groups (broad SMARTS) is 1. The molecule has 0 fully saturated rings. The number of benzene rings is 1. The first kappa shape index (κ1) is 42.3. The number of amides is 1. The fourth-order valence-electron chi connectivity index (χ4n) is 5.37. The molecule has 8 N–H and O–H groups in total. The number of aliphatic carboxylic acids is 1. The third-order valence-corrected chi connectivity index (χ3v) is 9.16. The van der Waals surface area contributed by atoms with Gasteiger partial charge in [-0.25, -0.2) is 9.97 Å². The van der Waals surface area contributed by atoms with Gasteiger partial charge in [0.2, 0.25) is 5.95 Å². The second-order valence-corrected chi connectivity index (χ2v) is 14.9. The number of aromatic nitrogens is 4. The van der Waals surface area contributed by atoms with Gasteiger partial charge in [0.15, 0.2) is 28.5 Å². The van der Waals surface area contributed by atoms with E-state index in [4.69, 9.17) is 10.6 Å². The van der Waals surface area contributed by atoms with E-state index < -0.39 is 51.7 Å². The molecule has 0 saturated carbocycles. The molecule has 0 unspecified atom stereocenters. The number of hydrogen-bond donors (Lipinski definition) is 7. The quantitative estimate of drug-likeness (QED) is 0.0649. The number of carbonyl (C=O) groups is 5. The molecule has 2 heterocycles. The van der Waals surface area contributed by atoms with Gasteiger partial charge in [0, 0.05) is 37.1 Å². The zero-order valence-corrected chi connectivity index (χ0v) is 31.6. The molecular weight excluding hydrogens is 686 g/mol. The SMILES string of the molecule is CC(=O)C(C)(C)NOCCNC(C)(C)C(=O)CCC(=O)[C@](CCC(=O)O)(NC(=O)c1ccc(NCc2cnc3nc(N)[nH]c(=O)c3n2)cc1)C(C)(C)C. The predicted molar refractivity (Wildman–Crippen MR) is 198 cm³/mol. The van der Waals surface area contributed by atoms with Crippen LogP contribution in [0.25, 0.3) is 11.2 Å². The number of rotatable bonds is 20. The Labute approximate surface area is 307 Å². The molecule has 53 heavy (non-hydrogen) atoms. The molecule has 0 spiro atoms. The molecule has 0 aliphatic carbocycles. The number of anilines is 2. The number of nitrogens with two attached hydrogens (primary N) is 1. The summed E-state index contributed by atoms with van der Waals surface area (Å²) in [7, 11) is 0. The van der Waals surface area contributed by atoms with Crippen LogP contribution in [0.5, 0.6) is 0 Å². The van der Waals surface area contributed by atoms with Gasteiger partial charge in [-0.1, -0.05) is 20.8 Å². The number of carboxylic acids is 1. The zero-order valence-electron chi connectivity index (χ0n) is 31.6. The highest BCUT2D eigenvalue weighted by atomic mass is 16.6. The van der Waals surface area contributed by atoms with Crippen molar-refractivity contribution in [2.24, 2.45) is 5.41 Å². The van der Waals surface area contributed by atoms with Gasteiger partial charge in [-0.05, 0) is 70.7 Å². The minimum atomic E-state index is -1.62. The number of carbonyl (C=O) groups excluding carboxylic acids is 4. The van der Waals surface area contributed by atoms with Crippen LogP contribution in [0.15, 0.2) is 35.3 Å². The number of ketones is 3. The highest BCUT2D eigenvalue weighted by Gasteiger charge is 2.49. The second-order valence-electron chi connectivity index (χ2n) is 14.9. The minimum Gasteiger partial charge on any atom is -0.481 e. The average Bonchev–Trinajstić information content (AvgIpc) is 3.07. The number of aromatic amines is 1. The molecule has 1 aromatic carbocycles. The number of H-pyrrole nitrogens is 1. The summed E-state index contributed by atoms with van der Waals surface area (Å²) in [6.45, 7) is 14.0. The average molecular weight is 738 g/mol. The van der Waals surface area contributed by atoms with Crippen molar-refractivity contribution in [1.82, 2.24) is 36.0 Å². The van der Waals surface area contributed by atoms with Crippen LogP contribution in [0.4, 0.5) is 11.6 Å². The Kier molecular flexibility index (Phi) is 13.7. The number of hydrogen-bond acceptors (Lipinski definition) is 14. The molecule has 0 aliphatic rings. The number of nitrogen functional groups attached to an aromatic ring is 1. The number of nitrogens with zero attached hydrogens (tertiary/aromatic N) is 3. The van der Waals surface area contributed by atoms with E-state index in [1.54, 1.807) is 72.7 Å². The molecule has 17 heteroatoms. The van der Waals surface area contributed by atoms with Crippen molar-refractivity contribution in [3.63, 3.8) is 0 Å². The largest absolute Gasteiger partial charge is 0.481 e. The maximum Gasteiger partial charge on any atom is 0.303 e. The summed E-state index contributed by atoms with van der Waals surface area (Å²) in [5.74, 6) is -2.62. The maximum absolute atomic E-state index is 14.1. The molecule has 3 aromatic rings. The van der Waals surface area contributed by atoms with Crippen molar-refractivity contribution in [2.45, 2.75) is 104 Å². The van der Waals surface area contributed by atoms with Crippen LogP contribution >= 0.6 is 0 Å². The Bertz CT molecular complexity index is 1880. The van der Waals surface area contributed by atoms with Crippen molar-refractivity contribution in [3.8, 4) is 0 Å². The Hall–Kier alpha value is -5.13. The summed E-state index contributed by atoms with van der Waals surface area (Å²) in [6.07, 6.45) is 0.486. The van der Waals surface area contributed by atoms with E-state index >= 15 is 0 Å². The summed E-state index contributed by atoms with van der Waals surface area (Å²) >= 11 is 0. The van der Waals surface area contributed by atoms with E-state index in [1.807, 2.05) is 0 Å². The van der Waals surface area contributed by atoms with E-state index in [-0.39, 0.29) is 73.2 Å². The first-order valence-corrected chi connectivity index (χ1v) is 17.2. The number of nitrogens with one attached hydrogen (secondary N) is 5. The van der Waals surface area contributed by atoms with Gasteiger partial charge in [0.25, 0.3) is 11.5 Å². The smallest absolute Gasteiger partial charge is 0.303 e. The Morgan fingerprint density at radius 3 is 2.15 bits per heavy atom. The fraction of sp³-hybridized carbons (Fsp3) is 0.528. The lowest BCUT2D eigenvalue weighted by Crippen LogP contribution is -2.62. The molecular formula is C36H51N9O8. The van der Waals surface area contributed by atoms with Crippen LogP contribution in [-0.2, 0) is 30.6 Å². The van der Waals surface area contributed by atoms with E-state index in [0.717, 1.165) is 0 Å². The summed E-state index contributed by atoms with van der Waals surface area (Å²) in [5, 5.41) is 18.7. The van der Waals surface area contributed by atoms with E-state index in [2.05, 4.69) is 41.4 Å². The van der Waals surface area contributed by atoms with Crippen molar-refractivity contribution in [1.29, 1.82) is 0 Å². The topological polar surface area (TPSA) is 260 Å². The standard InChI is InChI=1S/C36H51N9O8/c1-21(46)34(5,6)45-53-18-17-40-35(7,8)25(47)13-14-26(48)36(33(2,3)4,16-15-27(49)50)44-30(51)22-9-11-23(12-10-22)38-19-24-20-39-29-28(41-24)31(52)43-32(37)42-29/h9-12,20,38,40,45H,13-19H2,1-8H3,(H,44,51)(H,49,50)(H3,37,39,42,43,52)/t36-/m0/s1. The van der Waals surface area contributed by atoms with Gasteiger partial charge >= 0.3 is 5.97 Å². The molecule has 288 valence electrons. The molecule has 0 saturated heterocycles. The third kappa shape index (κ3) is 11.2. The van der Waals surface area contributed by atoms with Gasteiger partial charge < -0.3 is 26.8 Å². The molecule has 3 rings (SSSR count). The van der Waals surface area contributed by atoms with Crippen LogP contribution in [0.2, 0.25) is 0 Å². The lowest BCUT2D eigenvalue weighted by atomic mass is 9.67. The fourth-order valence-corrected chi connectivity index (χ4v) is 5.37. The Morgan fingerprint density at radius 1 is 0.906 bits per heavy atom. The Balaban J connectivity index is 1.69. The van der Waals surface area contributed by atoms with Crippen molar-refractivity contribution in [3.05, 3.63) is 52.1 Å². The normalized spacial score (nSPS) is 13.3. The molecule has 0 aliphatic heterocycles. The minimum absolute atomic E-state index is 0.0424. The summed E-state index contributed by atoms with van der Waals surface area (Å²) in [5.41, 5.74) is 4.75. The molecule has 1 amide bonds. The Morgan fingerprint density at radius 2 is 1.55 bits per heavy atom. The zero-order chi connectivity index (χ0) is 39.8. The van der Waals surface area contributed by atoms with Crippen LogP contribution in [0.3, 0.4) is 0 Å². The van der Waals surface area contributed by atoms with Gasteiger partial charge in [-0.15, -0.1) is 0 Å². The lowest BCUT2D eigenvalue weighted by Gasteiger charge is -2.44. The molecule has 2 aromatic heterocycles. The monoisotopic (exact) mass is 737 g/mol. The van der Waals surface area contributed by atoms with Gasteiger partial charge in [0.05, 0.1) is 36.1 Å². The molecule has 17 nitrogen and oxygen atoms in total. The van der Waals surface area contributed by atoms with E-state index in [1.165, 1.54) is 13.1 Å². The first-order valence-electron chi connectivity index (χ1n) is 17.2. The van der Waals surface area contributed by atoms with E-state index in [9.17, 15) is 33.9 Å². The highest BCUT2D eigenvalue weighted by Crippen LogP contribution is 2.37. The van der Waals surface area contributed by atoms with Crippen LogP contribution in [-0.4, -0.2) is 84.0 Å². The van der Waals surface area contributed by atoms with Gasteiger partial charge in [-0.2, -0.15) is 10.5 Å². The summed E-state index contributed by atoms with van der Waals surface area (Å²) in [4.78, 5) is 96.8. The van der Waals surface area contributed by atoms with E-state index in [0.29, 0.717) is 11.4 Å².